The first-order chi connectivity index (χ1) is 26.6. The maximum Gasteiger partial charge on any atom is 0.417 e. The zero-order valence-corrected chi connectivity index (χ0v) is 31.2. The molecule has 2 aromatic carbocycles. The van der Waals surface area contributed by atoms with Crippen molar-refractivity contribution >= 4 is 58.6 Å². The summed E-state index contributed by atoms with van der Waals surface area (Å²) < 4.78 is 45.9. The van der Waals surface area contributed by atoms with Gasteiger partial charge in [0, 0.05) is 30.1 Å². The summed E-state index contributed by atoms with van der Waals surface area (Å²) in [7, 11) is 1.35. The minimum absolute atomic E-state index is 0.0392. The normalized spacial score (nSPS) is 25.8. The minimum Gasteiger partial charge on any atom is -0.504 e. The number of allylic oxidation sites excluding steroid dienone is 2. The number of likely N-dealkylation sites (tertiary alicyclic amines) is 1. The Morgan fingerprint density at radius 1 is 1.00 bits per heavy atom. The minimum atomic E-state index is -4.77. The second-order valence-corrected chi connectivity index (χ2v) is 15.2. The number of hydrogen-bond acceptors (Lipinski definition) is 9. The van der Waals surface area contributed by atoms with Crippen molar-refractivity contribution in [2.45, 2.75) is 56.0 Å². The van der Waals surface area contributed by atoms with E-state index in [-0.39, 0.29) is 49.0 Å². The number of aromatic nitrogens is 1. The van der Waals surface area contributed by atoms with Crippen molar-refractivity contribution < 1.29 is 52.1 Å². The number of imide groups is 2. The lowest BCUT2D eigenvalue weighted by Crippen LogP contribution is -2.53. The molecule has 1 saturated carbocycles. The molecule has 3 aromatic rings. The standard InChI is InChI=1S/C39H35Cl2F3N4O8/c1-56-29-15-19(6-13-28(29)49)32-23-11-12-24-31(36(54)47(34(24)52)14-4-2-3-5-30(50)51)25(23)17-26-35(53)48(37(55)38(26,32)20-7-9-22(40)10-8-20)46-33-27(41)16-21(18-45-33)39(42,43)44/h6-11,13,15-16,18,24-26,31-32,49H,2-5,12,14,17H2,1H3,(H,45,46)(H,50,51). The number of phenols is 1. The van der Waals surface area contributed by atoms with Gasteiger partial charge in [0.2, 0.25) is 11.8 Å². The van der Waals surface area contributed by atoms with Gasteiger partial charge in [-0.05, 0) is 73.1 Å². The molecule has 2 saturated heterocycles. The highest BCUT2D eigenvalue weighted by Crippen LogP contribution is 2.64. The summed E-state index contributed by atoms with van der Waals surface area (Å²) in [6, 6.07) is 11.5. The number of aliphatic carboxylic acids is 1. The van der Waals surface area contributed by atoms with Crippen molar-refractivity contribution in [3.8, 4) is 11.5 Å². The number of hydrogen-bond donors (Lipinski definition) is 3. The predicted molar refractivity (Wildman–Crippen MR) is 194 cm³/mol. The average Bonchev–Trinajstić information content (AvgIpc) is 3.52. The van der Waals surface area contributed by atoms with Crippen LogP contribution in [0.15, 0.2) is 66.4 Å². The average molecular weight is 816 g/mol. The van der Waals surface area contributed by atoms with Gasteiger partial charge in [0.25, 0.3) is 11.8 Å². The monoisotopic (exact) mass is 814 g/mol. The maximum absolute atomic E-state index is 15.3. The molecule has 56 heavy (non-hydrogen) atoms. The third kappa shape index (κ3) is 6.43. The molecule has 294 valence electrons. The Morgan fingerprint density at radius 2 is 1.73 bits per heavy atom. The SMILES string of the molecule is COc1cc(C2C3=CCC4C(=O)N(CCCCCC(=O)O)C(=O)C4C3CC3C(=O)N(Nc4ncc(C(F)(F)F)cc4Cl)C(=O)C32c2ccc(Cl)cc2)ccc1O. The molecule has 6 unspecified atom stereocenters. The first kappa shape index (κ1) is 39.1. The van der Waals surface area contributed by atoms with E-state index in [1.165, 1.54) is 24.1 Å². The smallest absolute Gasteiger partial charge is 0.417 e. The Kier molecular flexibility index (Phi) is 10.3. The van der Waals surface area contributed by atoms with Crippen LogP contribution in [0.2, 0.25) is 10.0 Å². The molecule has 12 nitrogen and oxygen atoms in total. The molecule has 0 spiro atoms. The molecule has 4 aliphatic rings. The van der Waals surface area contributed by atoms with Gasteiger partial charge in [-0.2, -0.15) is 18.2 Å². The van der Waals surface area contributed by atoms with Gasteiger partial charge >= 0.3 is 12.1 Å². The van der Waals surface area contributed by atoms with E-state index in [1.54, 1.807) is 30.3 Å². The van der Waals surface area contributed by atoms with Crippen LogP contribution in [0.4, 0.5) is 19.0 Å². The number of phenolic OH excluding ortho intramolecular Hbond substituents is 1. The molecule has 3 heterocycles. The number of nitrogens with zero attached hydrogens (tertiary/aromatic N) is 3. The van der Waals surface area contributed by atoms with Gasteiger partial charge in [-0.1, -0.05) is 59.5 Å². The number of aromatic hydroxyl groups is 1. The van der Waals surface area contributed by atoms with Crippen LogP contribution in [-0.2, 0) is 35.6 Å². The van der Waals surface area contributed by atoms with E-state index < -0.39 is 75.5 Å². The van der Waals surface area contributed by atoms with Gasteiger partial charge in [0.05, 0.1) is 40.9 Å². The second kappa shape index (κ2) is 14.7. The number of carboxylic acid groups (broad SMARTS) is 1. The van der Waals surface area contributed by atoms with Crippen LogP contribution in [0.5, 0.6) is 11.5 Å². The van der Waals surface area contributed by atoms with E-state index in [9.17, 15) is 37.5 Å². The highest BCUT2D eigenvalue weighted by molar-refractivity contribution is 6.33. The van der Waals surface area contributed by atoms with Gasteiger partial charge in [-0.3, -0.25) is 34.3 Å². The molecule has 3 fully saturated rings. The predicted octanol–water partition coefficient (Wildman–Crippen LogP) is 6.75. The second-order valence-electron chi connectivity index (χ2n) is 14.4. The van der Waals surface area contributed by atoms with E-state index in [0.29, 0.717) is 58.3 Å². The highest BCUT2D eigenvalue weighted by atomic mass is 35.5. The molecule has 17 heteroatoms. The maximum atomic E-state index is 15.3. The number of pyridine rings is 1. The van der Waals surface area contributed by atoms with Gasteiger partial charge in [0.15, 0.2) is 17.3 Å². The zero-order valence-electron chi connectivity index (χ0n) is 29.7. The molecule has 3 N–H and O–H groups in total. The number of benzene rings is 2. The summed E-state index contributed by atoms with van der Waals surface area (Å²) in [5, 5.41) is 20.1. The number of alkyl halides is 3. The number of ether oxygens (including phenoxy) is 1. The van der Waals surface area contributed by atoms with Crippen molar-refractivity contribution in [2.75, 3.05) is 19.1 Å². The lowest BCUT2D eigenvalue weighted by molar-refractivity contribution is -0.141. The van der Waals surface area contributed by atoms with Crippen molar-refractivity contribution in [3.05, 3.63) is 93.1 Å². The number of hydrazine groups is 1. The fourth-order valence-corrected chi connectivity index (χ4v) is 9.37. The summed E-state index contributed by atoms with van der Waals surface area (Å²) in [5.41, 5.74) is 1.11. The Bertz CT molecular complexity index is 2170. The number of amides is 4. The molecular weight excluding hydrogens is 780 g/mol. The molecule has 7 rings (SSSR count). The molecular formula is C39H35Cl2F3N4O8. The zero-order chi connectivity index (χ0) is 40.3. The van der Waals surface area contributed by atoms with Crippen molar-refractivity contribution in [2.24, 2.45) is 23.7 Å². The molecule has 4 amide bonds. The molecule has 2 aliphatic heterocycles. The van der Waals surface area contributed by atoms with Crippen LogP contribution in [0.25, 0.3) is 0 Å². The van der Waals surface area contributed by atoms with Crippen LogP contribution in [-0.4, -0.2) is 68.4 Å². The summed E-state index contributed by atoms with van der Waals surface area (Å²) in [4.78, 5) is 74.1. The van der Waals surface area contributed by atoms with Crippen LogP contribution in [0.3, 0.4) is 0 Å². The van der Waals surface area contributed by atoms with Crippen LogP contribution in [0.1, 0.15) is 61.1 Å². The lowest BCUT2D eigenvalue weighted by Gasteiger charge is -2.50. The van der Waals surface area contributed by atoms with E-state index in [4.69, 9.17) is 33.0 Å². The Labute approximate surface area is 328 Å². The van der Waals surface area contributed by atoms with Crippen molar-refractivity contribution in [1.82, 2.24) is 14.9 Å². The lowest BCUT2D eigenvalue weighted by atomic mass is 9.49. The van der Waals surface area contributed by atoms with E-state index in [0.717, 1.165) is 0 Å². The van der Waals surface area contributed by atoms with Gasteiger partial charge in [0.1, 0.15) is 0 Å². The third-order valence-electron chi connectivity index (χ3n) is 11.5. The summed E-state index contributed by atoms with van der Waals surface area (Å²) >= 11 is 12.6. The quantitative estimate of drug-likeness (QED) is 0.107. The van der Waals surface area contributed by atoms with Crippen molar-refractivity contribution in [3.63, 3.8) is 0 Å². The molecule has 6 atom stereocenters. The van der Waals surface area contributed by atoms with Gasteiger partial charge < -0.3 is 14.9 Å². The number of rotatable bonds is 11. The van der Waals surface area contributed by atoms with Gasteiger partial charge in [-0.15, -0.1) is 0 Å². The van der Waals surface area contributed by atoms with Gasteiger partial charge in [-0.25, -0.2) is 4.98 Å². The molecule has 0 bridgehead atoms. The van der Waals surface area contributed by atoms with Crippen LogP contribution >= 0.6 is 23.2 Å². The van der Waals surface area contributed by atoms with E-state index in [1.807, 2.05) is 6.08 Å². The third-order valence-corrected chi connectivity index (χ3v) is 12.0. The topological polar surface area (TPSA) is 166 Å². The number of fused-ring (bicyclic) bond motifs is 4. The molecule has 2 aliphatic carbocycles. The van der Waals surface area contributed by atoms with E-state index in [2.05, 4.69) is 10.4 Å². The fourth-order valence-electron chi connectivity index (χ4n) is 9.04. The number of halogens is 5. The Balaban J connectivity index is 1.36. The molecule has 0 radical (unpaired) electrons. The first-order valence-electron chi connectivity index (χ1n) is 17.9. The Morgan fingerprint density at radius 3 is 2.39 bits per heavy atom. The first-order valence-corrected chi connectivity index (χ1v) is 18.6. The summed E-state index contributed by atoms with van der Waals surface area (Å²) in [5.74, 6) is -8.39. The highest BCUT2D eigenvalue weighted by Gasteiger charge is 2.70. The number of methoxy groups -OCH3 is 1. The largest absolute Gasteiger partial charge is 0.504 e. The number of unbranched alkanes of at least 4 members (excludes halogenated alkanes) is 2. The number of carbonyl (C=O) groups is 5. The van der Waals surface area contributed by atoms with Crippen LogP contribution < -0.4 is 10.2 Å². The number of carbonyl (C=O) groups excluding carboxylic acids is 4. The summed E-state index contributed by atoms with van der Waals surface area (Å²) in [6.07, 6.45) is -1.09. The molecule has 1 aromatic heterocycles. The van der Waals surface area contributed by atoms with Crippen molar-refractivity contribution in [1.29, 1.82) is 0 Å². The Hall–Kier alpha value is -5.15. The summed E-state index contributed by atoms with van der Waals surface area (Å²) in [6.45, 7) is 0.0963. The number of nitrogens with one attached hydrogen (secondary N) is 1. The van der Waals surface area contributed by atoms with Crippen LogP contribution in [0, 0.1) is 23.7 Å². The van der Waals surface area contributed by atoms with E-state index >= 15 is 4.79 Å². The fraction of sp³-hybridized carbons (Fsp3) is 0.385. The number of anilines is 1. The number of carboxylic acids is 1.